The highest BCUT2D eigenvalue weighted by Crippen LogP contribution is 2.26. The van der Waals surface area contributed by atoms with Gasteiger partial charge in [-0.2, -0.15) is 0 Å². The molecule has 0 amide bonds. The van der Waals surface area contributed by atoms with E-state index >= 15 is 0 Å². The molecule has 1 rings (SSSR count). The lowest BCUT2D eigenvalue weighted by atomic mass is 9.99. The van der Waals surface area contributed by atoms with E-state index in [2.05, 4.69) is 5.11 Å². The Kier molecular flexibility index (Phi) is 1.75. The van der Waals surface area contributed by atoms with Crippen molar-refractivity contribution in [2.24, 2.45) is 5.11 Å². The Hall–Kier alpha value is -0.840. The van der Waals surface area contributed by atoms with Crippen LogP contribution in [0.3, 0.4) is 0 Å². The van der Waals surface area contributed by atoms with Crippen molar-refractivity contribution in [1.29, 1.82) is 0 Å². The van der Waals surface area contributed by atoms with Gasteiger partial charge in [0.05, 0.1) is 12.1 Å². The Bertz CT molecular complexity index is 190. The van der Waals surface area contributed by atoms with Gasteiger partial charge >= 0.3 is 0 Å². The SMILES string of the molecule is CON1C(C)C(C)(C)N=[N+]1[O-]. The molecule has 0 bridgehead atoms. The van der Waals surface area contributed by atoms with E-state index in [1.807, 2.05) is 20.8 Å². The molecular formula is C6H13N3O2. The average Bonchev–Trinajstić information content (AvgIpc) is 2.04. The zero-order valence-corrected chi connectivity index (χ0v) is 7.24. The van der Waals surface area contributed by atoms with Crippen molar-refractivity contribution in [1.82, 2.24) is 5.17 Å². The number of hydrogen-bond donors (Lipinski definition) is 0. The normalized spacial score (nSPS) is 28.9. The van der Waals surface area contributed by atoms with Gasteiger partial charge in [-0.25, -0.2) is 4.84 Å². The van der Waals surface area contributed by atoms with E-state index in [-0.39, 0.29) is 11.6 Å². The maximum Gasteiger partial charge on any atom is 0.150 e. The third-order valence-electron chi connectivity index (χ3n) is 2.05. The van der Waals surface area contributed by atoms with Crippen LogP contribution in [0.1, 0.15) is 20.8 Å². The summed E-state index contributed by atoms with van der Waals surface area (Å²) in [5.41, 5.74) is -0.363. The molecule has 0 fully saturated rings. The van der Waals surface area contributed by atoms with Crippen LogP contribution in [-0.4, -0.2) is 28.8 Å². The van der Waals surface area contributed by atoms with Gasteiger partial charge in [0.1, 0.15) is 6.04 Å². The van der Waals surface area contributed by atoms with Crippen LogP contribution < -0.4 is 0 Å². The molecule has 5 heteroatoms. The summed E-state index contributed by atoms with van der Waals surface area (Å²) in [5, 5.41) is 16.0. The summed E-state index contributed by atoms with van der Waals surface area (Å²) in [4.78, 5) is 5.32. The van der Waals surface area contributed by atoms with Crippen molar-refractivity contribution in [3.05, 3.63) is 5.21 Å². The van der Waals surface area contributed by atoms with Gasteiger partial charge in [0.15, 0.2) is 5.54 Å². The van der Waals surface area contributed by atoms with Gasteiger partial charge in [0, 0.05) is 5.11 Å². The molecule has 0 aromatic heterocycles. The zero-order valence-electron chi connectivity index (χ0n) is 7.24. The third kappa shape index (κ3) is 1.16. The van der Waals surface area contributed by atoms with Gasteiger partial charge in [-0.05, 0) is 25.9 Å². The van der Waals surface area contributed by atoms with E-state index in [9.17, 15) is 5.21 Å². The molecule has 1 aliphatic rings. The minimum absolute atomic E-state index is 0.0231. The molecule has 1 unspecified atom stereocenters. The maximum atomic E-state index is 11.0. The first-order chi connectivity index (χ1) is 4.99. The molecule has 0 N–H and O–H groups in total. The molecule has 1 atom stereocenters. The fourth-order valence-corrected chi connectivity index (χ4v) is 0.995. The van der Waals surface area contributed by atoms with E-state index < -0.39 is 0 Å². The highest BCUT2D eigenvalue weighted by atomic mass is 16.8. The van der Waals surface area contributed by atoms with Crippen molar-refractivity contribution in [2.75, 3.05) is 7.11 Å². The minimum Gasteiger partial charge on any atom is -0.570 e. The van der Waals surface area contributed by atoms with Crippen LogP contribution in [0.5, 0.6) is 0 Å². The largest absolute Gasteiger partial charge is 0.570 e. The topological polar surface area (TPSA) is 50.9 Å². The smallest absolute Gasteiger partial charge is 0.150 e. The first-order valence-corrected chi connectivity index (χ1v) is 3.52. The highest BCUT2D eigenvalue weighted by molar-refractivity contribution is 4.85. The fourth-order valence-electron chi connectivity index (χ4n) is 0.995. The summed E-state index contributed by atoms with van der Waals surface area (Å²) in [6, 6.07) is -0.0231. The second-order valence-electron chi connectivity index (χ2n) is 3.17. The van der Waals surface area contributed by atoms with Crippen molar-refractivity contribution in [3.8, 4) is 0 Å². The van der Waals surface area contributed by atoms with Crippen LogP contribution in [0.2, 0.25) is 0 Å². The van der Waals surface area contributed by atoms with E-state index in [0.29, 0.717) is 4.97 Å². The predicted molar refractivity (Wildman–Crippen MR) is 38.4 cm³/mol. The van der Waals surface area contributed by atoms with Crippen LogP contribution in [0, 0.1) is 5.21 Å². The molecule has 0 saturated heterocycles. The number of rotatable bonds is 1. The lowest BCUT2D eigenvalue weighted by Crippen LogP contribution is -2.40. The molecule has 64 valence electrons. The lowest BCUT2D eigenvalue weighted by Gasteiger charge is -2.19. The first kappa shape index (κ1) is 8.26. The van der Waals surface area contributed by atoms with Crippen molar-refractivity contribution >= 4 is 0 Å². The standard InChI is InChI=1S/C6H13N3O2/c1-5-6(2,3)7-9(10)8(5)11-4/h5H,1-4H3. The third-order valence-corrected chi connectivity index (χ3v) is 2.05. The Morgan fingerprint density at radius 2 is 2.18 bits per heavy atom. The van der Waals surface area contributed by atoms with Gasteiger partial charge in [-0.3, -0.25) is 0 Å². The van der Waals surface area contributed by atoms with E-state index in [0.717, 1.165) is 0 Å². The van der Waals surface area contributed by atoms with Crippen molar-refractivity contribution in [2.45, 2.75) is 32.4 Å². The number of hydrogen-bond acceptors (Lipinski definition) is 4. The molecule has 0 radical (unpaired) electrons. The van der Waals surface area contributed by atoms with Gasteiger partial charge in [-0.1, -0.05) is 0 Å². The monoisotopic (exact) mass is 159 g/mol. The number of nitrogens with zero attached hydrogens (tertiary/aromatic N) is 3. The molecule has 0 aromatic carbocycles. The second kappa shape index (κ2) is 2.34. The van der Waals surface area contributed by atoms with Crippen LogP contribution in [0.15, 0.2) is 5.11 Å². The van der Waals surface area contributed by atoms with Crippen molar-refractivity contribution < 1.29 is 9.81 Å². The molecule has 11 heavy (non-hydrogen) atoms. The molecule has 1 heterocycles. The summed E-state index contributed by atoms with van der Waals surface area (Å²) in [6.45, 7) is 5.67. The number of hydrazine groups is 1. The molecular weight excluding hydrogens is 146 g/mol. The zero-order chi connectivity index (χ0) is 8.65. The molecule has 0 aromatic rings. The van der Waals surface area contributed by atoms with Crippen LogP contribution in [0.25, 0.3) is 0 Å². The molecule has 1 aliphatic heterocycles. The minimum atomic E-state index is -0.363. The quantitative estimate of drug-likeness (QED) is 0.422. The Labute approximate surface area is 65.8 Å². The molecule has 0 spiro atoms. The first-order valence-electron chi connectivity index (χ1n) is 3.52. The van der Waals surface area contributed by atoms with Crippen LogP contribution in [0.4, 0.5) is 0 Å². The summed E-state index contributed by atoms with van der Waals surface area (Å²) in [7, 11) is 1.46. The van der Waals surface area contributed by atoms with Crippen molar-refractivity contribution in [3.63, 3.8) is 0 Å². The molecule has 0 aliphatic carbocycles. The van der Waals surface area contributed by atoms with Gasteiger partial charge in [0.2, 0.25) is 0 Å². The van der Waals surface area contributed by atoms with Crippen LogP contribution >= 0.6 is 0 Å². The summed E-state index contributed by atoms with van der Waals surface area (Å²) in [6.07, 6.45) is 0. The van der Waals surface area contributed by atoms with E-state index in [4.69, 9.17) is 4.84 Å². The Morgan fingerprint density at radius 3 is 2.36 bits per heavy atom. The lowest BCUT2D eigenvalue weighted by molar-refractivity contribution is -0.752. The predicted octanol–water partition coefficient (Wildman–Crippen LogP) is 0.908. The molecule has 0 saturated carbocycles. The van der Waals surface area contributed by atoms with Crippen LogP contribution in [-0.2, 0) is 4.84 Å². The Morgan fingerprint density at radius 1 is 1.64 bits per heavy atom. The molecule has 5 nitrogen and oxygen atoms in total. The maximum absolute atomic E-state index is 11.0. The van der Waals surface area contributed by atoms with Gasteiger partial charge in [0.25, 0.3) is 0 Å². The Balaban J connectivity index is 2.84. The fraction of sp³-hybridized carbons (Fsp3) is 1.00. The summed E-state index contributed by atoms with van der Waals surface area (Å²) >= 11 is 0. The van der Waals surface area contributed by atoms with Gasteiger partial charge < -0.3 is 5.21 Å². The second-order valence-corrected chi connectivity index (χ2v) is 3.17. The summed E-state index contributed by atoms with van der Waals surface area (Å²) in [5.74, 6) is 0. The average molecular weight is 159 g/mol. The highest BCUT2D eigenvalue weighted by Gasteiger charge is 2.45. The number of hydroxylamine groups is 1. The van der Waals surface area contributed by atoms with E-state index in [1.165, 1.54) is 12.3 Å². The summed E-state index contributed by atoms with van der Waals surface area (Å²) < 4.78 is 0. The van der Waals surface area contributed by atoms with E-state index in [1.54, 1.807) is 0 Å². The van der Waals surface area contributed by atoms with Gasteiger partial charge in [-0.15, -0.1) is 0 Å².